The zero-order valence-electron chi connectivity index (χ0n) is 11.0. The molecule has 0 bridgehead atoms. The van der Waals surface area contributed by atoms with Crippen LogP contribution < -0.4 is 0 Å². The largest absolute Gasteiger partial charge is 0.516 e. The van der Waals surface area contributed by atoms with Crippen LogP contribution in [0.5, 0.6) is 0 Å². The topological polar surface area (TPSA) is 55.8 Å². The van der Waals surface area contributed by atoms with Crippen LogP contribution in [0.1, 0.15) is 40.5 Å². The van der Waals surface area contributed by atoms with Crippen molar-refractivity contribution in [1.82, 2.24) is 0 Å². The molecule has 1 unspecified atom stereocenters. The van der Waals surface area contributed by atoms with E-state index in [9.17, 15) is 9.90 Å². The van der Waals surface area contributed by atoms with Gasteiger partial charge in [0.05, 0.1) is 6.61 Å². The van der Waals surface area contributed by atoms with Gasteiger partial charge in [0.2, 0.25) is 0 Å². The summed E-state index contributed by atoms with van der Waals surface area (Å²) >= 11 is 0. The van der Waals surface area contributed by atoms with Gasteiger partial charge < -0.3 is 14.6 Å². The molecule has 1 atom stereocenters. The van der Waals surface area contributed by atoms with Crippen LogP contribution in [-0.4, -0.2) is 17.9 Å². The predicted molar refractivity (Wildman–Crippen MR) is 66.6 cm³/mol. The lowest BCUT2D eigenvalue weighted by atomic mass is 10.0. The van der Waals surface area contributed by atoms with E-state index in [0.29, 0.717) is 0 Å². The first-order valence-electron chi connectivity index (χ1n) is 5.84. The molecule has 98 valence electrons. The number of allylic oxidation sites excluding steroid dienone is 3. The monoisotopic (exact) mass is 242 g/mol. The molecule has 0 heterocycles. The van der Waals surface area contributed by atoms with Gasteiger partial charge in [0.1, 0.15) is 0 Å². The minimum absolute atomic E-state index is 0.139. The van der Waals surface area contributed by atoms with Crippen LogP contribution in [0.3, 0.4) is 0 Å². The van der Waals surface area contributed by atoms with E-state index >= 15 is 0 Å². The van der Waals surface area contributed by atoms with Crippen molar-refractivity contribution in [1.29, 1.82) is 0 Å². The first kappa shape index (κ1) is 15.6. The fourth-order valence-corrected chi connectivity index (χ4v) is 1.23. The molecule has 4 nitrogen and oxygen atoms in total. The van der Waals surface area contributed by atoms with Crippen molar-refractivity contribution >= 4 is 6.16 Å². The summed E-state index contributed by atoms with van der Waals surface area (Å²) in [5.74, 6) is -0.256. The number of carbonyl (C=O) groups excluding carboxylic acids is 1. The lowest BCUT2D eigenvalue weighted by Crippen LogP contribution is -2.07. The van der Waals surface area contributed by atoms with Crippen LogP contribution in [-0.2, 0) is 9.47 Å². The highest BCUT2D eigenvalue weighted by atomic mass is 16.8. The first-order valence-corrected chi connectivity index (χ1v) is 5.84. The lowest BCUT2D eigenvalue weighted by Gasteiger charge is -2.06. The predicted octanol–water partition coefficient (Wildman–Crippen LogP) is 3.94. The Morgan fingerprint density at radius 1 is 1.41 bits per heavy atom. The van der Waals surface area contributed by atoms with Gasteiger partial charge in [-0.1, -0.05) is 18.6 Å². The normalized spacial score (nSPS) is 12.8. The van der Waals surface area contributed by atoms with Gasteiger partial charge in [0.15, 0.2) is 0 Å². The molecule has 0 aliphatic rings. The molecule has 1 N–H and O–H groups in total. The molecule has 0 saturated carbocycles. The zero-order valence-corrected chi connectivity index (χ0v) is 11.0. The summed E-state index contributed by atoms with van der Waals surface area (Å²) in [5.41, 5.74) is 1.27. The number of rotatable bonds is 6. The van der Waals surface area contributed by atoms with E-state index in [2.05, 4.69) is 15.5 Å². The highest BCUT2D eigenvalue weighted by Gasteiger charge is 2.07. The molecular weight excluding hydrogens is 220 g/mol. The van der Waals surface area contributed by atoms with E-state index in [0.717, 1.165) is 12.8 Å². The molecule has 0 spiro atoms. The highest BCUT2D eigenvalue weighted by Crippen LogP contribution is 2.11. The number of aliphatic hydroxyl groups excluding tert-OH is 1. The molecule has 0 aromatic carbocycles. The summed E-state index contributed by atoms with van der Waals surface area (Å²) in [4.78, 5) is 10.9. The average Bonchev–Trinajstić information content (AvgIpc) is 2.16. The maximum atomic E-state index is 10.9. The molecule has 0 aromatic rings. The summed E-state index contributed by atoms with van der Waals surface area (Å²) in [6, 6.07) is 0. The van der Waals surface area contributed by atoms with E-state index in [1.54, 1.807) is 6.92 Å². The molecule has 0 fully saturated rings. The van der Waals surface area contributed by atoms with Gasteiger partial charge in [-0.25, -0.2) is 4.79 Å². The van der Waals surface area contributed by atoms with Gasteiger partial charge in [-0.05, 0) is 45.6 Å². The molecular formula is C13H22O4. The second-order valence-electron chi connectivity index (χ2n) is 4.13. The Morgan fingerprint density at radius 3 is 2.59 bits per heavy atom. The Morgan fingerprint density at radius 2 is 2.06 bits per heavy atom. The molecule has 0 aliphatic heterocycles. The third kappa shape index (κ3) is 9.48. The summed E-state index contributed by atoms with van der Waals surface area (Å²) in [6.45, 7) is 7.93. The fraction of sp³-hybridized carbons (Fsp3) is 0.615. The van der Waals surface area contributed by atoms with E-state index in [-0.39, 0.29) is 12.5 Å². The number of aliphatic hydroxyl groups is 1. The third-order valence-corrected chi connectivity index (χ3v) is 2.05. The van der Waals surface area contributed by atoms with Crippen molar-refractivity contribution in [3.63, 3.8) is 0 Å². The van der Waals surface area contributed by atoms with Crippen molar-refractivity contribution in [2.24, 2.45) is 5.92 Å². The average molecular weight is 242 g/mol. The van der Waals surface area contributed by atoms with E-state index in [1.165, 1.54) is 11.6 Å². The summed E-state index contributed by atoms with van der Waals surface area (Å²) < 4.78 is 9.06. The summed E-state index contributed by atoms with van der Waals surface area (Å²) in [5, 5.41) is 9.35. The second kappa shape index (κ2) is 8.67. The van der Waals surface area contributed by atoms with Crippen molar-refractivity contribution in [3.05, 3.63) is 23.7 Å². The number of ether oxygens (including phenoxy) is 2. The number of carbonyl (C=O) groups is 1. The van der Waals surface area contributed by atoms with Crippen molar-refractivity contribution in [2.75, 3.05) is 6.61 Å². The van der Waals surface area contributed by atoms with Gasteiger partial charge >= 0.3 is 6.16 Å². The van der Waals surface area contributed by atoms with Gasteiger partial charge in [-0.3, -0.25) is 0 Å². The van der Waals surface area contributed by atoms with Gasteiger partial charge in [0, 0.05) is 0 Å². The van der Waals surface area contributed by atoms with Crippen LogP contribution in [0.15, 0.2) is 23.7 Å². The molecule has 0 amide bonds. The van der Waals surface area contributed by atoms with Gasteiger partial charge in [-0.2, -0.15) is 0 Å². The molecule has 0 aromatic heterocycles. The Balaban J connectivity index is 4.01. The minimum Gasteiger partial charge on any atom is -0.481 e. The van der Waals surface area contributed by atoms with E-state index in [1.807, 2.05) is 20.8 Å². The van der Waals surface area contributed by atoms with Crippen LogP contribution >= 0.6 is 0 Å². The Kier molecular flexibility index (Phi) is 7.93. The number of hydrogen-bond acceptors (Lipinski definition) is 4. The van der Waals surface area contributed by atoms with Gasteiger partial charge in [-0.15, -0.1) is 0 Å². The smallest absolute Gasteiger partial charge is 0.481 e. The van der Waals surface area contributed by atoms with E-state index < -0.39 is 12.1 Å². The molecule has 17 heavy (non-hydrogen) atoms. The molecule has 0 saturated heterocycles. The fourth-order valence-electron chi connectivity index (χ4n) is 1.23. The lowest BCUT2D eigenvalue weighted by molar-refractivity contribution is 0.0475. The highest BCUT2D eigenvalue weighted by molar-refractivity contribution is 5.60. The molecule has 0 rings (SSSR count). The quantitative estimate of drug-likeness (QED) is 0.435. The van der Waals surface area contributed by atoms with Crippen LogP contribution in [0.25, 0.3) is 0 Å². The van der Waals surface area contributed by atoms with Crippen LogP contribution in [0.4, 0.5) is 4.79 Å². The molecule has 4 heteroatoms. The maximum Gasteiger partial charge on any atom is 0.516 e. The standard InChI is InChI=1S/C13H22O4/c1-5-16-13(15)17-12(14)9-11(4)8-6-7-10(2)3/h7,9,11,14H,5-6,8H2,1-4H3/b12-9-. The summed E-state index contributed by atoms with van der Waals surface area (Å²) in [6.07, 6.45) is 4.59. The first-order chi connectivity index (χ1) is 7.95. The van der Waals surface area contributed by atoms with Crippen LogP contribution in [0.2, 0.25) is 0 Å². The van der Waals surface area contributed by atoms with E-state index in [4.69, 9.17) is 0 Å². The number of hydrogen-bond donors (Lipinski definition) is 1. The minimum atomic E-state index is -0.877. The van der Waals surface area contributed by atoms with Crippen molar-refractivity contribution in [2.45, 2.75) is 40.5 Å². The Hall–Kier alpha value is -1.45. The zero-order chi connectivity index (χ0) is 13.3. The maximum absolute atomic E-state index is 10.9. The Labute approximate surface area is 103 Å². The third-order valence-electron chi connectivity index (χ3n) is 2.05. The second-order valence-corrected chi connectivity index (χ2v) is 4.13. The SMILES string of the molecule is CCOC(=O)O/C(O)=C\C(C)CCC=C(C)C. The molecule has 0 aliphatic carbocycles. The van der Waals surface area contributed by atoms with Crippen molar-refractivity contribution in [3.8, 4) is 0 Å². The van der Waals surface area contributed by atoms with Crippen molar-refractivity contribution < 1.29 is 19.4 Å². The molecule has 0 radical (unpaired) electrons. The Bertz CT molecular complexity index is 288. The summed E-state index contributed by atoms with van der Waals surface area (Å²) in [7, 11) is 0. The van der Waals surface area contributed by atoms with Gasteiger partial charge in [0.25, 0.3) is 5.95 Å². The van der Waals surface area contributed by atoms with Crippen LogP contribution in [0, 0.1) is 5.92 Å².